The predicted molar refractivity (Wildman–Crippen MR) is 114 cm³/mol. The first kappa shape index (κ1) is 19.5. The van der Waals surface area contributed by atoms with Crippen molar-refractivity contribution in [2.45, 2.75) is 13.3 Å². The minimum absolute atomic E-state index is 0.125. The quantitative estimate of drug-likeness (QED) is 0.407. The molecule has 1 saturated heterocycles. The summed E-state index contributed by atoms with van der Waals surface area (Å²) in [6, 6.07) is 13.7. The van der Waals surface area contributed by atoms with Crippen molar-refractivity contribution in [1.29, 1.82) is 0 Å². The van der Waals surface area contributed by atoms with Gasteiger partial charge >= 0.3 is 0 Å². The van der Waals surface area contributed by atoms with E-state index in [9.17, 15) is 14.4 Å². The second kappa shape index (κ2) is 7.38. The van der Waals surface area contributed by atoms with E-state index in [4.69, 9.17) is 9.47 Å². The molecule has 2 aromatic carbocycles. The fourth-order valence-corrected chi connectivity index (χ4v) is 5.27. The van der Waals surface area contributed by atoms with Gasteiger partial charge in [-0.3, -0.25) is 14.4 Å². The van der Waals surface area contributed by atoms with Crippen molar-refractivity contribution in [2.24, 2.45) is 23.7 Å². The van der Waals surface area contributed by atoms with E-state index in [-0.39, 0.29) is 47.9 Å². The predicted octanol–water partition coefficient (Wildman–Crippen LogP) is 3.66. The maximum Gasteiger partial charge on any atom is 0.238 e. The molecule has 0 radical (unpaired) electrons. The third kappa shape index (κ3) is 3.14. The fourth-order valence-electron chi connectivity index (χ4n) is 5.27. The molecule has 2 fully saturated rings. The van der Waals surface area contributed by atoms with Crippen LogP contribution in [0.5, 0.6) is 11.5 Å². The summed E-state index contributed by atoms with van der Waals surface area (Å²) in [4.78, 5) is 40.0. The number of benzene rings is 2. The zero-order valence-corrected chi connectivity index (χ0v) is 17.4. The van der Waals surface area contributed by atoms with Gasteiger partial charge in [0.15, 0.2) is 12.4 Å². The number of allylic oxidation sites excluding steroid dienone is 2. The third-order valence-electron chi connectivity index (χ3n) is 6.72. The van der Waals surface area contributed by atoms with Gasteiger partial charge in [0.25, 0.3) is 0 Å². The maximum atomic E-state index is 13.1. The second-order valence-electron chi connectivity index (χ2n) is 8.42. The molecule has 0 spiro atoms. The molecule has 1 saturated carbocycles. The van der Waals surface area contributed by atoms with E-state index in [0.29, 0.717) is 22.7 Å². The summed E-state index contributed by atoms with van der Waals surface area (Å²) >= 11 is 0. The first-order chi connectivity index (χ1) is 15.0. The number of anilines is 1. The van der Waals surface area contributed by atoms with Crippen LogP contribution in [0.2, 0.25) is 0 Å². The van der Waals surface area contributed by atoms with Crippen LogP contribution in [0, 0.1) is 23.7 Å². The zero-order chi connectivity index (χ0) is 21.7. The lowest BCUT2D eigenvalue weighted by atomic mass is 9.82. The Labute approximate surface area is 180 Å². The number of carbonyl (C=O) groups is 3. The van der Waals surface area contributed by atoms with E-state index < -0.39 is 0 Å². The standard InChI is InChI=1S/C25H23NO5/c1-14-9-16-11-20(14)23-22(16)24(28)26(25(23)29)17-6-4-8-19(12-17)31-13-21(27)15-5-3-7-18(10-15)30-2/h3-10,12,16,20,22-23H,11,13H2,1-2H3/t16-,20+,22+,23-/m0/s1. The number of Topliss-reactive ketones (excluding diaryl/α,β-unsaturated/α-hetero) is 1. The number of rotatable bonds is 6. The van der Waals surface area contributed by atoms with Crippen molar-refractivity contribution in [3.63, 3.8) is 0 Å². The van der Waals surface area contributed by atoms with E-state index in [2.05, 4.69) is 13.0 Å². The number of carbonyl (C=O) groups excluding carboxylic acids is 3. The Morgan fingerprint density at radius 3 is 2.58 bits per heavy atom. The summed E-state index contributed by atoms with van der Waals surface area (Å²) in [6.45, 7) is 1.89. The van der Waals surface area contributed by atoms with Crippen molar-refractivity contribution >= 4 is 23.3 Å². The SMILES string of the molecule is COc1cccc(C(=O)COc2cccc(N3C(=O)[C@@H]4[C@H](C3=O)[C@H]3C=C(C)[C@H]4C3)c2)c1. The Kier molecular flexibility index (Phi) is 4.65. The van der Waals surface area contributed by atoms with Gasteiger partial charge in [-0.1, -0.05) is 29.8 Å². The summed E-state index contributed by atoms with van der Waals surface area (Å²) in [5, 5.41) is 0. The topological polar surface area (TPSA) is 72.9 Å². The van der Waals surface area contributed by atoms with Gasteiger partial charge < -0.3 is 9.47 Å². The first-order valence-electron chi connectivity index (χ1n) is 10.4. The van der Waals surface area contributed by atoms with E-state index in [0.717, 1.165) is 6.42 Å². The van der Waals surface area contributed by atoms with Crippen molar-refractivity contribution in [3.8, 4) is 11.5 Å². The molecule has 0 N–H and O–H groups in total. The monoisotopic (exact) mass is 417 g/mol. The van der Waals surface area contributed by atoms with E-state index in [1.807, 2.05) is 0 Å². The molecule has 1 aliphatic heterocycles. The minimum Gasteiger partial charge on any atom is -0.497 e. The normalized spacial score (nSPS) is 26.1. The number of fused-ring (bicyclic) bond motifs is 5. The summed E-state index contributed by atoms with van der Waals surface area (Å²) < 4.78 is 10.8. The van der Waals surface area contributed by atoms with Crippen LogP contribution in [0.25, 0.3) is 0 Å². The lowest BCUT2D eigenvalue weighted by Gasteiger charge is -2.19. The number of hydrogen-bond acceptors (Lipinski definition) is 5. The highest BCUT2D eigenvalue weighted by molar-refractivity contribution is 6.23. The van der Waals surface area contributed by atoms with Crippen molar-refractivity contribution < 1.29 is 23.9 Å². The van der Waals surface area contributed by atoms with Crippen molar-refractivity contribution in [1.82, 2.24) is 0 Å². The molecule has 2 aromatic rings. The van der Waals surface area contributed by atoms with Crippen LogP contribution in [0.3, 0.4) is 0 Å². The van der Waals surface area contributed by atoms with Gasteiger partial charge in [-0.25, -0.2) is 4.90 Å². The lowest BCUT2D eigenvalue weighted by molar-refractivity contribution is -0.123. The Hall–Kier alpha value is -3.41. The summed E-state index contributed by atoms with van der Waals surface area (Å²) in [6.07, 6.45) is 3.06. The molecule has 6 nitrogen and oxygen atoms in total. The molecule has 0 unspecified atom stereocenters. The van der Waals surface area contributed by atoms with Crippen LogP contribution >= 0.6 is 0 Å². The van der Waals surface area contributed by atoms with Gasteiger partial charge in [0.1, 0.15) is 11.5 Å². The second-order valence-corrected chi connectivity index (χ2v) is 8.42. The molecule has 2 amide bonds. The number of amides is 2. The Morgan fingerprint density at radius 2 is 1.77 bits per heavy atom. The van der Waals surface area contributed by atoms with E-state index >= 15 is 0 Å². The van der Waals surface area contributed by atoms with Crippen LogP contribution < -0.4 is 14.4 Å². The molecular formula is C25H23NO5. The molecule has 5 rings (SSSR count). The van der Waals surface area contributed by atoms with Crippen LogP contribution in [-0.2, 0) is 9.59 Å². The smallest absolute Gasteiger partial charge is 0.238 e. The number of methoxy groups -OCH3 is 1. The summed E-state index contributed by atoms with van der Waals surface area (Å²) in [5.41, 5.74) is 2.21. The van der Waals surface area contributed by atoms with E-state index in [1.54, 1.807) is 55.6 Å². The molecule has 0 aromatic heterocycles. The molecule has 6 heteroatoms. The molecule has 31 heavy (non-hydrogen) atoms. The molecular weight excluding hydrogens is 394 g/mol. The third-order valence-corrected chi connectivity index (χ3v) is 6.72. The number of nitrogens with zero attached hydrogens (tertiary/aromatic N) is 1. The Morgan fingerprint density at radius 1 is 1.03 bits per heavy atom. The van der Waals surface area contributed by atoms with Gasteiger partial charge in [-0.15, -0.1) is 0 Å². The van der Waals surface area contributed by atoms with Gasteiger partial charge in [0, 0.05) is 11.6 Å². The lowest BCUT2D eigenvalue weighted by Crippen LogP contribution is -2.32. The molecule has 1 heterocycles. The van der Waals surface area contributed by atoms with Crippen molar-refractivity contribution in [2.75, 3.05) is 18.6 Å². The zero-order valence-electron chi connectivity index (χ0n) is 17.4. The highest BCUT2D eigenvalue weighted by atomic mass is 16.5. The number of ketones is 1. The van der Waals surface area contributed by atoms with Crippen LogP contribution in [-0.4, -0.2) is 31.3 Å². The highest BCUT2D eigenvalue weighted by Crippen LogP contribution is 2.55. The maximum absolute atomic E-state index is 13.1. The molecule has 4 atom stereocenters. The van der Waals surface area contributed by atoms with Gasteiger partial charge in [-0.2, -0.15) is 0 Å². The molecule has 3 aliphatic rings. The van der Waals surface area contributed by atoms with E-state index in [1.165, 1.54) is 10.5 Å². The van der Waals surface area contributed by atoms with Crippen molar-refractivity contribution in [3.05, 3.63) is 65.7 Å². The average molecular weight is 417 g/mol. The molecule has 158 valence electrons. The van der Waals surface area contributed by atoms with Crippen LogP contribution in [0.15, 0.2) is 60.2 Å². The van der Waals surface area contributed by atoms with Crippen LogP contribution in [0.4, 0.5) is 5.69 Å². The van der Waals surface area contributed by atoms with Gasteiger partial charge in [0.05, 0.1) is 24.6 Å². The van der Waals surface area contributed by atoms with Gasteiger partial charge in [0.2, 0.25) is 11.8 Å². The number of hydrogen-bond donors (Lipinski definition) is 0. The van der Waals surface area contributed by atoms with Crippen LogP contribution in [0.1, 0.15) is 23.7 Å². The largest absolute Gasteiger partial charge is 0.497 e. The first-order valence-corrected chi connectivity index (χ1v) is 10.4. The Balaban J connectivity index is 1.31. The minimum atomic E-state index is -0.250. The Bertz CT molecular complexity index is 1120. The molecule has 2 aliphatic carbocycles. The van der Waals surface area contributed by atoms with Gasteiger partial charge in [-0.05, 0) is 49.4 Å². The summed E-state index contributed by atoms with van der Waals surface area (Å²) in [5.74, 6) is 0.433. The highest BCUT2D eigenvalue weighted by Gasteiger charge is 2.60. The number of imide groups is 1. The average Bonchev–Trinajstić information content (AvgIpc) is 3.42. The fraction of sp³-hybridized carbons (Fsp3) is 0.320. The number of ether oxygens (including phenoxy) is 2. The molecule has 2 bridgehead atoms. The summed E-state index contributed by atoms with van der Waals surface area (Å²) in [7, 11) is 1.55.